The molecular formula is C16H14ClNO3. The SMILES string of the molecule is Cc1cc(C(=O)O)ccc1NC(=O)Cc1cccc(Cl)c1. The fourth-order valence-corrected chi connectivity index (χ4v) is 2.18. The Morgan fingerprint density at radius 3 is 2.57 bits per heavy atom. The molecule has 2 rings (SSSR count). The number of carbonyl (C=O) groups excluding carboxylic acids is 1. The zero-order valence-electron chi connectivity index (χ0n) is 11.4. The Balaban J connectivity index is 2.08. The molecule has 0 aliphatic rings. The zero-order valence-corrected chi connectivity index (χ0v) is 12.1. The van der Waals surface area contributed by atoms with Gasteiger partial charge in [0.05, 0.1) is 12.0 Å². The molecule has 4 nitrogen and oxygen atoms in total. The molecule has 21 heavy (non-hydrogen) atoms. The quantitative estimate of drug-likeness (QED) is 0.908. The Morgan fingerprint density at radius 2 is 1.95 bits per heavy atom. The van der Waals surface area contributed by atoms with Crippen molar-refractivity contribution in [3.63, 3.8) is 0 Å². The van der Waals surface area contributed by atoms with E-state index in [-0.39, 0.29) is 17.9 Å². The number of carboxylic acid groups (broad SMARTS) is 1. The van der Waals surface area contributed by atoms with E-state index in [0.717, 1.165) is 5.56 Å². The van der Waals surface area contributed by atoms with Gasteiger partial charge in [0.2, 0.25) is 5.91 Å². The lowest BCUT2D eigenvalue weighted by molar-refractivity contribution is -0.115. The second kappa shape index (κ2) is 6.41. The maximum atomic E-state index is 12.0. The van der Waals surface area contributed by atoms with Crippen LogP contribution in [0.3, 0.4) is 0 Å². The summed E-state index contributed by atoms with van der Waals surface area (Å²) in [4.78, 5) is 22.9. The number of aryl methyl sites for hydroxylation is 1. The summed E-state index contributed by atoms with van der Waals surface area (Å²) >= 11 is 5.87. The molecule has 0 fully saturated rings. The highest BCUT2D eigenvalue weighted by molar-refractivity contribution is 6.30. The number of benzene rings is 2. The van der Waals surface area contributed by atoms with Gasteiger partial charge in [-0.25, -0.2) is 4.79 Å². The molecule has 0 atom stereocenters. The molecule has 5 heteroatoms. The van der Waals surface area contributed by atoms with Crippen LogP contribution in [0.5, 0.6) is 0 Å². The minimum absolute atomic E-state index is 0.177. The molecule has 0 saturated carbocycles. The summed E-state index contributed by atoms with van der Waals surface area (Å²) in [6.07, 6.45) is 0.209. The summed E-state index contributed by atoms with van der Waals surface area (Å²) in [5.41, 5.74) is 2.32. The van der Waals surface area contributed by atoms with E-state index in [1.54, 1.807) is 31.2 Å². The van der Waals surface area contributed by atoms with E-state index in [1.807, 2.05) is 6.07 Å². The molecule has 0 unspecified atom stereocenters. The molecule has 0 radical (unpaired) electrons. The fourth-order valence-electron chi connectivity index (χ4n) is 1.96. The molecule has 0 saturated heterocycles. The molecule has 108 valence electrons. The van der Waals surface area contributed by atoms with Gasteiger partial charge in [-0.2, -0.15) is 0 Å². The van der Waals surface area contributed by atoms with Crippen LogP contribution in [0, 0.1) is 6.92 Å². The topological polar surface area (TPSA) is 66.4 Å². The van der Waals surface area contributed by atoms with Gasteiger partial charge < -0.3 is 10.4 Å². The minimum Gasteiger partial charge on any atom is -0.478 e. The van der Waals surface area contributed by atoms with Crippen LogP contribution in [0.1, 0.15) is 21.5 Å². The van der Waals surface area contributed by atoms with Crippen LogP contribution < -0.4 is 5.32 Å². The van der Waals surface area contributed by atoms with Crippen molar-refractivity contribution < 1.29 is 14.7 Å². The average Bonchev–Trinajstić information content (AvgIpc) is 2.40. The average molecular weight is 304 g/mol. The van der Waals surface area contributed by atoms with Gasteiger partial charge in [-0.05, 0) is 48.4 Å². The maximum Gasteiger partial charge on any atom is 0.335 e. The van der Waals surface area contributed by atoms with Crippen molar-refractivity contribution in [2.75, 3.05) is 5.32 Å². The van der Waals surface area contributed by atoms with E-state index in [2.05, 4.69) is 5.32 Å². The van der Waals surface area contributed by atoms with E-state index < -0.39 is 5.97 Å². The highest BCUT2D eigenvalue weighted by Crippen LogP contribution is 2.17. The number of rotatable bonds is 4. The van der Waals surface area contributed by atoms with Gasteiger partial charge in [0.25, 0.3) is 0 Å². The first-order valence-corrected chi connectivity index (χ1v) is 6.72. The summed E-state index contributed by atoms with van der Waals surface area (Å²) in [6, 6.07) is 11.7. The van der Waals surface area contributed by atoms with Crippen LogP contribution in [0.25, 0.3) is 0 Å². The van der Waals surface area contributed by atoms with Crippen LogP contribution in [0.15, 0.2) is 42.5 Å². The molecule has 0 aliphatic heterocycles. The number of carboxylic acids is 1. The third-order valence-corrected chi connectivity index (χ3v) is 3.24. The van der Waals surface area contributed by atoms with Gasteiger partial charge in [0.1, 0.15) is 0 Å². The van der Waals surface area contributed by atoms with Gasteiger partial charge in [0.15, 0.2) is 0 Å². The highest BCUT2D eigenvalue weighted by Gasteiger charge is 2.09. The third kappa shape index (κ3) is 4.07. The number of carbonyl (C=O) groups is 2. The van der Waals surface area contributed by atoms with Crippen molar-refractivity contribution >= 4 is 29.2 Å². The van der Waals surface area contributed by atoms with Crippen molar-refractivity contribution in [3.05, 3.63) is 64.2 Å². The van der Waals surface area contributed by atoms with Crippen molar-refractivity contribution in [1.82, 2.24) is 0 Å². The summed E-state index contributed by atoms with van der Waals surface area (Å²) in [5.74, 6) is -1.17. The number of aromatic carboxylic acids is 1. The van der Waals surface area contributed by atoms with E-state index in [4.69, 9.17) is 16.7 Å². The molecule has 2 aromatic rings. The van der Waals surface area contributed by atoms with Crippen molar-refractivity contribution in [2.24, 2.45) is 0 Å². The number of amides is 1. The van der Waals surface area contributed by atoms with Gasteiger partial charge in [-0.1, -0.05) is 23.7 Å². The molecule has 2 N–H and O–H groups in total. The number of anilines is 1. The van der Waals surface area contributed by atoms with Crippen LogP contribution in [-0.4, -0.2) is 17.0 Å². The fraction of sp³-hybridized carbons (Fsp3) is 0.125. The predicted molar refractivity (Wildman–Crippen MR) is 81.9 cm³/mol. The molecule has 0 aromatic heterocycles. The third-order valence-electron chi connectivity index (χ3n) is 3.00. The normalized spacial score (nSPS) is 10.2. The van der Waals surface area contributed by atoms with Gasteiger partial charge >= 0.3 is 5.97 Å². The van der Waals surface area contributed by atoms with Crippen molar-refractivity contribution in [3.8, 4) is 0 Å². The van der Waals surface area contributed by atoms with E-state index in [9.17, 15) is 9.59 Å². The maximum absolute atomic E-state index is 12.0. The molecule has 2 aromatic carbocycles. The predicted octanol–water partition coefficient (Wildman–Crippen LogP) is 3.53. The molecule has 0 aliphatic carbocycles. The number of halogens is 1. The number of hydrogen-bond donors (Lipinski definition) is 2. The number of nitrogens with one attached hydrogen (secondary N) is 1. The monoisotopic (exact) mass is 303 g/mol. The summed E-state index contributed by atoms with van der Waals surface area (Å²) in [6.45, 7) is 1.75. The van der Waals surface area contributed by atoms with Gasteiger partial charge in [-0.3, -0.25) is 4.79 Å². The van der Waals surface area contributed by atoms with Crippen molar-refractivity contribution in [2.45, 2.75) is 13.3 Å². The second-order valence-corrected chi connectivity index (χ2v) is 5.13. The first-order valence-electron chi connectivity index (χ1n) is 6.34. The molecular weight excluding hydrogens is 290 g/mol. The van der Waals surface area contributed by atoms with Crippen LogP contribution in [-0.2, 0) is 11.2 Å². The van der Waals surface area contributed by atoms with E-state index in [1.165, 1.54) is 12.1 Å². The van der Waals surface area contributed by atoms with Crippen molar-refractivity contribution in [1.29, 1.82) is 0 Å². The lowest BCUT2D eigenvalue weighted by Gasteiger charge is -2.09. The summed E-state index contributed by atoms with van der Waals surface area (Å²) < 4.78 is 0. The highest BCUT2D eigenvalue weighted by atomic mass is 35.5. The first kappa shape index (κ1) is 15.1. The Kier molecular flexibility index (Phi) is 4.60. The van der Waals surface area contributed by atoms with E-state index in [0.29, 0.717) is 16.3 Å². The molecule has 0 bridgehead atoms. The van der Waals surface area contributed by atoms with Crippen LogP contribution >= 0.6 is 11.6 Å². The summed E-state index contributed by atoms with van der Waals surface area (Å²) in [5, 5.41) is 12.3. The zero-order chi connectivity index (χ0) is 15.4. The van der Waals surface area contributed by atoms with Gasteiger partial charge in [0, 0.05) is 10.7 Å². The van der Waals surface area contributed by atoms with Crippen LogP contribution in [0.4, 0.5) is 5.69 Å². The summed E-state index contributed by atoms with van der Waals surface area (Å²) in [7, 11) is 0. The molecule has 1 amide bonds. The minimum atomic E-state index is -0.991. The first-order chi connectivity index (χ1) is 9.95. The smallest absolute Gasteiger partial charge is 0.335 e. The standard InChI is InChI=1S/C16H14ClNO3/c1-10-7-12(16(20)21)5-6-14(10)18-15(19)9-11-3-2-4-13(17)8-11/h2-8H,9H2,1H3,(H,18,19)(H,20,21). The van der Waals surface area contributed by atoms with Crippen LogP contribution in [0.2, 0.25) is 5.02 Å². The second-order valence-electron chi connectivity index (χ2n) is 4.69. The van der Waals surface area contributed by atoms with E-state index >= 15 is 0 Å². The number of hydrogen-bond acceptors (Lipinski definition) is 2. The molecule has 0 heterocycles. The Labute approximate surface area is 127 Å². The Bertz CT molecular complexity index is 698. The molecule has 0 spiro atoms. The Hall–Kier alpha value is -2.33. The lowest BCUT2D eigenvalue weighted by Crippen LogP contribution is -2.15. The largest absolute Gasteiger partial charge is 0.478 e. The van der Waals surface area contributed by atoms with Gasteiger partial charge in [-0.15, -0.1) is 0 Å². The lowest BCUT2D eigenvalue weighted by atomic mass is 10.1. The Morgan fingerprint density at radius 1 is 1.19 bits per heavy atom.